The van der Waals surface area contributed by atoms with Crippen LogP contribution in [0.1, 0.15) is 219 Å². The van der Waals surface area contributed by atoms with Crippen LogP contribution in [0.2, 0.25) is 0 Å². The molecule has 1 amide bonds. The Kier molecular flexibility index (Phi) is 45.3. The summed E-state index contributed by atoms with van der Waals surface area (Å²) >= 11 is 0. The zero-order chi connectivity index (χ0) is 50.1. The molecule has 9 heteroatoms. The maximum atomic E-state index is 13.0. The van der Waals surface area contributed by atoms with Gasteiger partial charge < -0.3 is 40.3 Å². The van der Waals surface area contributed by atoms with Crippen LogP contribution in [0.25, 0.3) is 0 Å². The number of rotatable bonds is 46. The van der Waals surface area contributed by atoms with E-state index in [1.807, 2.05) is 6.08 Å². The van der Waals surface area contributed by atoms with E-state index in [1.54, 1.807) is 6.08 Å². The predicted octanol–water partition coefficient (Wildman–Crippen LogP) is 13.6. The maximum Gasteiger partial charge on any atom is 0.220 e. The van der Waals surface area contributed by atoms with Crippen molar-refractivity contribution < 1.29 is 39.8 Å². The average molecular weight is 966 g/mol. The number of hydrogen-bond donors (Lipinski definition) is 6. The van der Waals surface area contributed by atoms with Gasteiger partial charge in [-0.25, -0.2) is 0 Å². The lowest BCUT2D eigenvalue weighted by atomic mass is 9.99. The van der Waals surface area contributed by atoms with Crippen molar-refractivity contribution in [3.8, 4) is 0 Å². The number of carbonyl (C=O) groups excluding carboxylic acids is 1. The summed E-state index contributed by atoms with van der Waals surface area (Å²) in [5, 5.41) is 54.3. The number of aliphatic hydroxyl groups excluding tert-OH is 5. The van der Waals surface area contributed by atoms with Crippen molar-refractivity contribution in [2.45, 2.75) is 262 Å². The molecule has 7 atom stereocenters. The Morgan fingerprint density at radius 1 is 0.507 bits per heavy atom. The van der Waals surface area contributed by atoms with Crippen molar-refractivity contribution in [2.75, 3.05) is 13.2 Å². The van der Waals surface area contributed by atoms with Crippen LogP contribution in [0.4, 0.5) is 0 Å². The second-order valence-corrected chi connectivity index (χ2v) is 19.0. The molecule has 1 aliphatic heterocycles. The number of allylic oxidation sites excluding steroid dienone is 15. The van der Waals surface area contributed by atoms with Crippen LogP contribution < -0.4 is 5.32 Å². The largest absolute Gasteiger partial charge is 0.394 e. The molecule has 1 heterocycles. The van der Waals surface area contributed by atoms with E-state index in [0.717, 1.165) is 83.5 Å². The number of nitrogens with one attached hydrogen (secondary N) is 1. The van der Waals surface area contributed by atoms with E-state index < -0.39 is 49.5 Å². The fourth-order valence-corrected chi connectivity index (χ4v) is 8.25. The van der Waals surface area contributed by atoms with Gasteiger partial charge in [0.15, 0.2) is 6.29 Å². The van der Waals surface area contributed by atoms with Crippen molar-refractivity contribution in [3.63, 3.8) is 0 Å². The summed E-state index contributed by atoms with van der Waals surface area (Å²) in [5.41, 5.74) is 0. The third-order valence-electron chi connectivity index (χ3n) is 12.7. The molecule has 0 spiro atoms. The van der Waals surface area contributed by atoms with Crippen LogP contribution in [-0.4, -0.2) is 87.5 Å². The van der Waals surface area contributed by atoms with E-state index in [4.69, 9.17) is 9.47 Å². The van der Waals surface area contributed by atoms with Gasteiger partial charge in [-0.1, -0.05) is 233 Å². The standard InChI is InChI=1S/C60H103NO8/c1-3-5-7-9-11-13-15-16-17-18-19-20-21-22-23-24-25-26-27-28-29-30-31-32-33-34-35-36-37-38-40-42-44-46-48-50-56(64)61-53(52-68-60-59(67)58(66)57(65)55(51-62)69-60)54(63)49-47-45-43-41-39-14-12-10-8-6-4-2/h5,7,11,13,16-17,19-20,22-23,25-26,28-29,47,49,53-55,57-60,62-63,65-67H,3-4,6,8-10,12,14-15,18,21,24,27,30-46,48,50-52H2,1-2H3,(H,61,64)/b7-5-,13-11-,17-16-,20-19-,23-22-,26-25-,29-28-,49-47+. The van der Waals surface area contributed by atoms with Crippen LogP contribution in [-0.2, 0) is 14.3 Å². The highest BCUT2D eigenvalue weighted by Gasteiger charge is 2.44. The lowest BCUT2D eigenvalue weighted by Gasteiger charge is -2.40. The molecule has 0 aliphatic carbocycles. The van der Waals surface area contributed by atoms with Gasteiger partial charge in [0, 0.05) is 6.42 Å². The Hall–Kier alpha value is -2.89. The van der Waals surface area contributed by atoms with Gasteiger partial charge in [-0.2, -0.15) is 0 Å². The Labute approximate surface area is 422 Å². The first-order chi connectivity index (χ1) is 33.8. The van der Waals surface area contributed by atoms with Crippen molar-refractivity contribution in [1.82, 2.24) is 5.32 Å². The number of unbranched alkanes of at least 4 members (excludes halogenated alkanes) is 22. The monoisotopic (exact) mass is 966 g/mol. The number of amides is 1. The number of ether oxygens (including phenoxy) is 2. The normalized spacial score (nSPS) is 20.2. The summed E-state index contributed by atoms with van der Waals surface area (Å²) in [7, 11) is 0. The zero-order valence-electron chi connectivity index (χ0n) is 43.8. The minimum absolute atomic E-state index is 0.183. The summed E-state index contributed by atoms with van der Waals surface area (Å²) in [6, 6.07) is -0.809. The highest BCUT2D eigenvalue weighted by molar-refractivity contribution is 5.76. The Balaban J connectivity index is 2.13. The maximum absolute atomic E-state index is 13.0. The van der Waals surface area contributed by atoms with Crippen LogP contribution in [0.5, 0.6) is 0 Å². The molecule has 0 aromatic rings. The smallest absolute Gasteiger partial charge is 0.220 e. The lowest BCUT2D eigenvalue weighted by Crippen LogP contribution is -2.60. The van der Waals surface area contributed by atoms with Crippen LogP contribution in [0, 0.1) is 0 Å². The van der Waals surface area contributed by atoms with Crippen molar-refractivity contribution in [1.29, 1.82) is 0 Å². The van der Waals surface area contributed by atoms with Gasteiger partial charge in [0.25, 0.3) is 0 Å². The van der Waals surface area contributed by atoms with E-state index in [2.05, 4.69) is 104 Å². The number of hydrogen-bond acceptors (Lipinski definition) is 8. The molecule has 0 bridgehead atoms. The summed E-state index contributed by atoms with van der Waals surface area (Å²) in [6.07, 6.45) is 63.3. The SMILES string of the molecule is CC/C=C\C/C=C\C/C=C\C/C=C\C/C=C\C/C=C\C/C=C\CCCCCCCCCCCCCCCC(=O)NC(COC1OC(CO)C(O)C(O)C1O)C(O)/C=C/CCCCCCCCCCC. The number of carbonyl (C=O) groups is 1. The van der Waals surface area contributed by atoms with Crippen LogP contribution >= 0.6 is 0 Å². The van der Waals surface area contributed by atoms with E-state index >= 15 is 0 Å². The van der Waals surface area contributed by atoms with Crippen molar-refractivity contribution in [2.24, 2.45) is 0 Å². The van der Waals surface area contributed by atoms with Crippen molar-refractivity contribution >= 4 is 5.91 Å². The van der Waals surface area contributed by atoms with Gasteiger partial charge in [0.2, 0.25) is 5.91 Å². The quantitative estimate of drug-likeness (QED) is 0.0261. The fraction of sp³-hybridized carbons (Fsp3) is 0.717. The van der Waals surface area contributed by atoms with E-state index in [1.165, 1.54) is 116 Å². The molecular weight excluding hydrogens is 863 g/mol. The third-order valence-corrected chi connectivity index (χ3v) is 12.7. The van der Waals surface area contributed by atoms with E-state index in [9.17, 15) is 30.3 Å². The Bertz CT molecular complexity index is 1400. The molecule has 1 fully saturated rings. The molecule has 0 radical (unpaired) electrons. The summed E-state index contributed by atoms with van der Waals surface area (Å²) in [6.45, 7) is 3.64. The molecule has 0 saturated carbocycles. The molecule has 0 aromatic carbocycles. The fourth-order valence-electron chi connectivity index (χ4n) is 8.25. The lowest BCUT2D eigenvalue weighted by molar-refractivity contribution is -0.302. The molecule has 69 heavy (non-hydrogen) atoms. The first-order valence-corrected chi connectivity index (χ1v) is 28.0. The predicted molar refractivity (Wildman–Crippen MR) is 290 cm³/mol. The van der Waals surface area contributed by atoms with E-state index in [0.29, 0.717) is 6.42 Å². The molecule has 7 unspecified atom stereocenters. The minimum Gasteiger partial charge on any atom is -0.394 e. The molecule has 0 aromatic heterocycles. The van der Waals surface area contributed by atoms with Gasteiger partial charge in [-0.3, -0.25) is 4.79 Å². The van der Waals surface area contributed by atoms with Gasteiger partial charge in [0.05, 0.1) is 25.4 Å². The summed E-state index contributed by atoms with van der Waals surface area (Å²) in [4.78, 5) is 13.0. The van der Waals surface area contributed by atoms with Gasteiger partial charge >= 0.3 is 0 Å². The van der Waals surface area contributed by atoms with Gasteiger partial charge in [-0.05, 0) is 77.0 Å². The molecule has 396 valence electrons. The molecule has 6 N–H and O–H groups in total. The summed E-state index contributed by atoms with van der Waals surface area (Å²) in [5.74, 6) is -0.183. The van der Waals surface area contributed by atoms with Crippen LogP contribution in [0.3, 0.4) is 0 Å². The van der Waals surface area contributed by atoms with Gasteiger partial charge in [0.1, 0.15) is 24.4 Å². The molecular formula is C60H103NO8. The second kappa shape index (κ2) is 48.7. The third kappa shape index (κ3) is 38.5. The molecule has 1 saturated heterocycles. The Morgan fingerprint density at radius 2 is 0.899 bits per heavy atom. The molecule has 1 aliphatic rings. The summed E-state index contributed by atoms with van der Waals surface area (Å²) < 4.78 is 11.2. The topological polar surface area (TPSA) is 149 Å². The molecule has 9 nitrogen and oxygen atoms in total. The second-order valence-electron chi connectivity index (χ2n) is 19.0. The average Bonchev–Trinajstić information content (AvgIpc) is 3.35. The highest BCUT2D eigenvalue weighted by atomic mass is 16.7. The zero-order valence-corrected chi connectivity index (χ0v) is 43.8. The first kappa shape index (κ1) is 64.1. The van der Waals surface area contributed by atoms with Crippen LogP contribution in [0.15, 0.2) is 97.2 Å². The first-order valence-electron chi connectivity index (χ1n) is 28.0. The van der Waals surface area contributed by atoms with Gasteiger partial charge in [-0.15, -0.1) is 0 Å². The molecule has 1 rings (SSSR count). The number of aliphatic hydroxyl groups is 5. The minimum atomic E-state index is -1.57. The Morgan fingerprint density at radius 3 is 1.33 bits per heavy atom. The van der Waals surface area contributed by atoms with Crippen molar-refractivity contribution in [3.05, 3.63) is 97.2 Å². The highest BCUT2D eigenvalue weighted by Crippen LogP contribution is 2.23. The van der Waals surface area contributed by atoms with E-state index in [-0.39, 0.29) is 12.5 Å².